The van der Waals surface area contributed by atoms with Gasteiger partial charge >= 0.3 is 12.3 Å². The molecule has 1 N–H and O–H groups in total. The van der Waals surface area contributed by atoms with E-state index in [2.05, 4.69) is 10.0 Å². The van der Waals surface area contributed by atoms with Crippen LogP contribution in [0.15, 0.2) is 35.4 Å². The monoisotopic (exact) mass is 288 g/mol. The molecule has 0 aromatic heterocycles. The Morgan fingerprint density at radius 3 is 2.60 bits per heavy atom. The van der Waals surface area contributed by atoms with Crippen molar-refractivity contribution < 1.29 is 22.7 Å². The number of alkyl carbamates (subject to hydrolysis) is 1. The maximum Gasteiger partial charge on any atom is 0.407 e. The molecular formula is C11H11F3N4O2. The number of rotatable bonds is 5. The first-order valence-electron chi connectivity index (χ1n) is 5.49. The van der Waals surface area contributed by atoms with E-state index in [0.717, 1.165) is 0 Å². The lowest BCUT2D eigenvalue weighted by molar-refractivity contribution is -0.145. The van der Waals surface area contributed by atoms with Crippen molar-refractivity contribution in [2.45, 2.75) is 18.8 Å². The fourth-order valence-electron chi connectivity index (χ4n) is 1.24. The average molecular weight is 288 g/mol. The van der Waals surface area contributed by atoms with Crippen LogP contribution in [0.25, 0.3) is 10.4 Å². The minimum atomic E-state index is -4.72. The Balaban J connectivity index is 2.40. The van der Waals surface area contributed by atoms with E-state index >= 15 is 0 Å². The van der Waals surface area contributed by atoms with Gasteiger partial charge in [-0.25, -0.2) is 4.79 Å². The number of ether oxygens (including phenoxy) is 1. The molecule has 1 aromatic carbocycles. The van der Waals surface area contributed by atoms with Gasteiger partial charge in [0.1, 0.15) is 6.61 Å². The highest BCUT2D eigenvalue weighted by atomic mass is 19.4. The molecule has 0 aliphatic carbocycles. The van der Waals surface area contributed by atoms with E-state index in [9.17, 15) is 18.0 Å². The zero-order chi connectivity index (χ0) is 15.0. The van der Waals surface area contributed by atoms with Crippen LogP contribution in [0, 0.1) is 0 Å². The molecule has 0 bridgehead atoms. The highest BCUT2D eigenvalue weighted by molar-refractivity contribution is 5.67. The minimum Gasteiger partial charge on any atom is -0.445 e. The molecule has 0 aliphatic rings. The molecule has 0 saturated heterocycles. The van der Waals surface area contributed by atoms with Gasteiger partial charge in [-0.3, -0.25) is 0 Å². The molecule has 1 amide bonds. The third-order valence-electron chi connectivity index (χ3n) is 2.22. The van der Waals surface area contributed by atoms with Crippen molar-refractivity contribution >= 4 is 6.09 Å². The second-order valence-corrected chi connectivity index (χ2v) is 3.70. The Labute approximate surface area is 112 Å². The SMILES string of the molecule is [N-]=[N+]=NC(CNC(=O)OCc1ccccc1)C(F)(F)F. The maximum absolute atomic E-state index is 12.4. The number of benzene rings is 1. The van der Waals surface area contributed by atoms with Gasteiger partial charge in [0.2, 0.25) is 0 Å². The Hall–Kier alpha value is -2.41. The molecule has 0 fully saturated rings. The highest BCUT2D eigenvalue weighted by Crippen LogP contribution is 2.22. The van der Waals surface area contributed by atoms with E-state index in [1.807, 2.05) is 5.32 Å². The maximum atomic E-state index is 12.4. The first-order valence-corrected chi connectivity index (χ1v) is 5.49. The number of halogens is 3. The van der Waals surface area contributed by atoms with E-state index < -0.39 is 24.9 Å². The molecule has 0 spiro atoms. The predicted molar refractivity (Wildman–Crippen MR) is 63.6 cm³/mol. The third-order valence-corrected chi connectivity index (χ3v) is 2.22. The molecule has 0 heterocycles. The molecular weight excluding hydrogens is 277 g/mol. The Kier molecular flexibility index (Phi) is 5.67. The topological polar surface area (TPSA) is 87.1 Å². The van der Waals surface area contributed by atoms with Crippen LogP contribution in [0.4, 0.5) is 18.0 Å². The number of hydrogen-bond donors (Lipinski definition) is 1. The van der Waals surface area contributed by atoms with Crippen LogP contribution in [0.1, 0.15) is 5.56 Å². The highest BCUT2D eigenvalue weighted by Gasteiger charge is 2.39. The summed E-state index contributed by atoms with van der Waals surface area (Å²) in [4.78, 5) is 13.3. The molecule has 6 nitrogen and oxygen atoms in total. The summed E-state index contributed by atoms with van der Waals surface area (Å²) < 4.78 is 41.8. The van der Waals surface area contributed by atoms with Gasteiger partial charge in [0.05, 0.1) is 0 Å². The molecule has 9 heteroatoms. The number of carbonyl (C=O) groups excluding carboxylic acids is 1. The van der Waals surface area contributed by atoms with Crippen LogP contribution in [-0.4, -0.2) is 24.9 Å². The number of alkyl halides is 3. The molecule has 1 rings (SSSR count). The Morgan fingerprint density at radius 1 is 1.40 bits per heavy atom. The summed E-state index contributed by atoms with van der Waals surface area (Å²) in [6, 6.07) is 6.32. The molecule has 0 radical (unpaired) electrons. The first kappa shape index (κ1) is 15.6. The molecule has 0 saturated carbocycles. The predicted octanol–water partition coefficient (Wildman–Crippen LogP) is 3.15. The standard InChI is InChI=1S/C11H11F3N4O2/c12-11(13,14)9(17-18-15)6-16-10(19)20-7-8-4-2-1-3-5-8/h1-5,9H,6-7H2,(H,16,19). The lowest BCUT2D eigenvalue weighted by Gasteiger charge is -2.15. The zero-order valence-electron chi connectivity index (χ0n) is 10.2. The summed E-state index contributed by atoms with van der Waals surface area (Å²) in [7, 11) is 0. The third kappa shape index (κ3) is 5.49. The van der Waals surface area contributed by atoms with Gasteiger partial charge in [-0.1, -0.05) is 35.4 Å². The Bertz CT molecular complexity index is 486. The van der Waals surface area contributed by atoms with Crippen molar-refractivity contribution in [3.63, 3.8) is 0 Å². The summed E-state index contributed by atoms with van der Waals surface area (Å²) in [5.41, 5.74) is 8.73. The van der Waals surface area contributed by atoms with Crippen molar-refractivity contribution in [3.8, 4) is 0 Å². The lowest BCUT2D eigenvalue weighted by Crippen LogP contribution is -2.39. The van der Waals surface area contributed by atoms with Crippen molar-refractivity contribution in [2.75, 3.05) is 6.54 Å². The van der Waals surface area contributed by atoms with E-state index in [4.69, 9.17) is 10.3 Å². The fourth-order valence-corrected chi connectivity index (χ4v) is 1.24. The summed E-state index contributed by atoms with van der Waals surface area (Å²) in [6.45, 7) is -0.938. The number of nitrogens with zero attached hydrogens (tertiary/aromatic N) is 3. The minimum absolute atomic E-state index is 0.0646. The number of nitrogens with one attached hydrogen (secondary N) is 1. The van der Waals surface area contributed by atoms with E-state index in [-0.39, 0.29) is 6.61 Å². The molecule has 108 valence electrons. The number of hydrogen-bond acceptors (Lipinski definition) is 3. The largest absolute Gasteiger partial charge is 0.445 e. The lowest BCUT2D eigenvalue weighted by atomic mass is 10.2. The van der Waals surface area contributed by atoms with Gasteiger partial charge in [0.15, 0.2) is 6.04 Å². The van der Waals surface area contributed by atoms with E-state index in [1.165, 1.54) is 0 Å². The molecule has 1 aromatic rings. The second kappa shape index (κ2) is 7.25. The van der Waals surface area contributed by atoms with Gasteiger partial charge in [-0.2, -0.15) is 13.2 Å². The summed E-state index contributed by atoms with van der Waals surface area (Å²) >= 11 is 0. The van der Waals surface area contributed by atoms with Gasteiger partial charge in [-0.05, 0) is 11.1 Å². The number of azide groups is 1. The van der Waals surface area contributed by atoms with E-state index in [1.54, 1.807) is 30.3 Å². The summed E-state index contributed by atoms with van der Waals surface area (Å²) in [5.74, 6) is 0. The Morgan fingerprint density at radius 2 is 2.05 bits per heavy atom. The van der Waals surface area contributed by atoms with Gasteiger partial charge in [0.25, 0.3) is 0 Å². The first-order chi connectivity index (χ1) is 9.43. The number of amides is 1. The van der Waals surface area contributed by atoms with Crippen LogP contribution in [0.3, 0.4) is 0 Å². The van der Waals surface area contributed by atoms with Crippen LogP contribution in [-0.2, 0) is 11.3 Å². The normalized spacial score (nSPS) is 12.2. The van der Waals surface area contributed by atoms with Gasteiger partial charge in [0, 0.05) is 11.5 Å². The average Bonchev–Trinajstić information content (AvgIpc) is 2.41. The van der Waals surface area contributed by atoms with Crippen molar-refractivity contribution in [2.24, 2.45) is 5.11 Å². The van der Waals surface area contributed by atoms with Crippen LogP contribution < -0.4 is 5.32 Å². The molecule has 0 aliphatic heterocycles. The van der Waals surface area contributed by atoms with Crippen molar-refractivity contribution in [3.05, 3.63) is 46.3 Å². The molecule has 1 unspecified atom stereocenters. The smallest absolute Gasteiger partial charge is 0.407 e. The van der Waals surface area contributed by atoms with Crippen molar-refractivity contribution in [1.82, 2.24) is 5.32 Å². The van der Waals surface area contributed by atoms with Gasteiger partial charge < -0.3 is 10.1 Å². The molecule has 1 atom stereocenters. The van der Waals surface area contributed by atoms with Crippen LogP contribution >= 0.6 is 0 Å². The van der Waals surface area contributed by atoms with Crippen molar-refractivity contribution in [1.29, 1.82) is 0 Å². The zero-order valence-corrected chi connectivity index (χ0v) is 10.2. The van der Waals surface area contributed by atoms with Crippen LogP contribution in [0.5, 0.6) is 0 Å². The molecule has 20 heavy (non-hydrogen) atoms. The fraction of sp³-hybridized carbons (Fsp3) is 0.364. The second-order valence-electron chi connectivity index (χ2n) is 3.70. The van der Waals surface area contributed by atoms with E-state index in [0.29, 0.717) is 5.56 Å². The summed E-state index contributed by atoms with van der Waals surface area (Å²) in [6.07, 6.45) is -5.74. The van der Waals surface area contributed by atoms with Crippen LogP contribution in [0.2, 0.25) is 0 Å². The summed E-state index contributed by atoms with van der Waals surface area (Å²) in [5, 5.41) is 4.47. The van der Waals surface area contributed by atoms with Gasteiger partial charge in [-0.15, -0.1) is 0 Å². The quantitative estimate of drug-likeness (QED) is 0.512. The number of carbonyl (C=O) groups is 1.